The zero-order valence-corrected chi connectivity index (χ0v) is 9.97. The fraction of sp³-hybridized carbons (Fsp3) is 0.917. The molecule has 2 nitrogen and oxygen atoms in total. The summed E-state index contributed by atoms with van der Waals surface area (Å²) in [5.41, 5.74) is 0.00347. The van der Waals surface area contributed by atoms with E-state index in [2.05, 4.69) is 32.6 Å². The summed E-state index contributed by atoms with van der Waals surface area (Å²) in [6, 6.07) is 0. The van der Waals surface area contributed by atoms with Crippen LogP contribution >= 0.6 is 0 Å². The van der Waals surface area contributed by atoms with E-state index in [4.69, 9.17) is 0 Å². The maximum atomic E-state index is 11.7. The Balaban J connectivity index is 2.60. The Hall–Kier alpha value is -0.530. The average molecular weight is 197 g/mol. The van der Waals surface area contributed by atoms with Crippen molar-refractivity contribution in [1.82, 2.24) is 4.90 Å². The zero-order valence-electron chi connectivity index (χ0n) is 9.97. The number of hydrogen-bond donors (Lipinski definition) is 0. The van der Waals surface area contributed by atoms with Crippen LogP contribution in [0.1, 0.15) is 53.4 Å². The van der Waals surface area contributed by atoms with E-state index in [1.807, 2.05) is 0 Å². The first kappa shape index (κ1) is 11.5. The van der Waals surface area contributed by atoms with Crippen LogP contribution in [0, 0.1) is 5.92 Å². The van der Waals surface area contributed by atoms with Crippen molar-refractivity contribution in [3.05, 3.63) is 0 Å². The largest absolute Gasteiger partial charge is 0.338 e. The number of likely N-dealkylation sites (tertiary alicyclic amines) is 1. The molecule has 14 heavy (non-hydrogen) atoms. The molecule has 0 bridgehead atoms. The molecule has 1 saturated heterocycles. The Bertz CT molecular complexity index is 205. The predicted molar refractivity (Wildman–Crippen MR) is 59.1 cm³/mol. The molecule has 1 heterocycles. The molecule has 0 aromatic rings. The van der Waals surface area contributed by atoms with Crippen molar-refractivity contribution in [1.29, 1.82) is 0 Å². The Morgan fingerprint density at radius 1 is 1.43 bits per heavy atom. The zero-order chi connectivity index (χ0) is 10.8. The van der Waals surface area contributed by atoms with Gasteiger partial charge in [0.15, 0.2) is 0 Å². The van der Waals surface area contributed by atoms with Crippen molar-refractivity contribution in [3.63, 3.8) is 0 Å². The van der Waals surface area contributed by atoms with Gasteiger partial charge in [0, 0.05) is 18.5 Å². The van der Waals surface area contributed by atoms with E-state index < -0.39 is 0 Å². The van der Waals surface area contributed by atoms with Gasteiger partial charge in [-0.25, -0.2) is 0 Å². The van der Waals surface area contributed by atoms with Gasteiger partial charge in [-0.15, -0.1) is 0 Å². The van der Waals surface area contributed by atoms with E-state index in [0.29, 0.717) is 5.91 Å². The van der Waals surface area contributed by atoms with Crippen molar-refractivity contribution < 1.29 is 4.79 Å². The molecule has 82 valence electrons. The van der Waals surface area contributed by atoms with Gasteiger partial charge in [-0.1, -0.05) is 13.3 Å². The van der Waals surface area contributed by atoms with Gasteiger partial charge in [-0.2, -0.15) is 0 Å². The lowest BCUT2D eigenvalue weighted by Gasteiger charge is -2.41. The van der Waals surface area contributed by atoms with Crippen molar-refractivity contribution in [2.24, 2.45) is 5.92 Å². The molecule has 1 rings (SSSR count). The number of rotatable bonds is 2. The summed E-state index contributed by atoms with van der Waals surface area (Å²) in [7, 11) is 0. The second-order valence-corrected chi connectivity index (χ2v) is 5.37. The first-order chi connectivity index (χ1) is 6.45. The van der Waals surface area contributed by atoms with Crippen LogP contribution in [0.15, 0.2) is 0 Å². The summed E-state index contributed by atoms with van der Waals surface area (Å²) in [5, 5.41) is 0. The van der Waals surface area contributed by atoms with E-state index in [0.717, 1.165) is 25.3 Å². The molecule has 0 aromatic heterocycles. The maximum absolute atomic E-state index is 11.7. The summed E-state index contributed by atoms with van der Waals surface area (Å²) in [5.74, 6) is 1.07. The Labute approximate surface area is 87.7 Å². The molecule has 0 radical (unpaired) electrons. The summed E-state index contributed by atoms with van der Waals surface area (Å²) >= 11 is 0. The Kier molecular flexibility index (Phi) is 3.57. The maximum Gasteiger partial charge on any atom is 0.223 e. The van der Waals surface area contributed by atoms with Crippen molar-refractivity contribution in [3.8, 4) is 0 Å². The fourth-order valence-electron chi connectivity index (χ4n) is 2.21. The molecule has 1 aliphatic heterocycles. The summed E-state index contributed by atoms with van der Waals surface area (Å²) in [6.45, 7) is 9.56. The normalized spacial score (nSPS) is 24.1. The van der Waals surface area contributed by atoms with Crippen LogP contribution in [0.4, 0.5) is 0 Å². The molecule has 1 atom stereocenters. The smallest absolute Gasteiger partial charge is 0.223 e. The number of piperidine rings is 1. The van der Waals surface area contributed by atoms with Crippen LogP contribution in [0.2, 0.25) is 0 Å². The quantitative estimate of drug-likeness (QED) is 0.666. The van der Waals surface area contributed by atoms with E-state index in [1.165, 1.54) is 12.8 Å². The molecule has 1 amide bonds. The molecular formula is C12H23NO. The minimum absolute atomic E-state index is 0.00347. The lowest BCUT2D eigenvalue weighted by atomic mass is 9.90. The highest BCUT2D eigenvalue weighted by Gasteiger charge is 2.32. The number of amides is 1. The molecule has 2 heteroatoms. The highest BCUT2D eigenvalue weighted by Crippen LogP contribution is 2.27. The van der Waals surface area contributed by atoms with Crippen molar-refractivity contribution in [2.45, 2.75) is 58.9 Å². The Morgan fingerprint density at radius 3 is 2.57 bits per heavy atom. The van der Waals surface area contributed by atoms with E-state index in [9.17, 15) is 4.79 Å². The van der Waals surface area contributed by atoms with Gasteiger partial charge in [-0.3, -0.25) is 4.79 Å². The molecule has 0 spiro atoms. The topological polar surface area (TPSA) is 20.3 Å². The van der Waals surface area contributed by atoms with Gasteiger partial charge in [0.2, 0.25) is 5.91 Å². The highest BCUT2D eigenvalue weighted by atomic mass is 16.2. The standard InChI is InChI=1S/C12H23NO/c1-5-6-10-7-8-11(14)13(9-10)12(2,3)4/h10H,5-9H2,1-4H3. The third-order valence-corrected chi connectivity index (χ3v) is 3.01. The monoisotopic (exact) mass is 197 g/mol. The number of carbonyl (C=O) groups is 1. The first-order valence-electron chi connectivity index (χ1n) is 5.75. The van der Waals surface area contributed by atoms with E-state index in [-0.39, 0.29) is 5.54 Å². The molecule has 1 aliphatic rings. The lowest BCUT2D eigenvalue weighted by Crippen LogP contribution is -2.50. The second kappa shape index (κ2) is 4.33. The number of nitrogens with zero attached hydrogens (tertiary/aromatic N) is 1. The summed E-state index contributed by atoms with van der Waals surface area (Å²) in [4.78, 5) is 13.8. The van der Waals surface area contributed by atoms with Gasteiger partial charge in [0.1, 0.15) is 0 Å². The fourth-order valence-corrected chi connectivity index (χ4v) is 2.21. The van der Waals surface area contributed by atoms with Crippen LogP contribution < -0.4 is 0 Å². The van der Waals surface area contributed by atoms with Gasteiger partial charge in [-0.05, 0) is 39.5 Å². The van der Waals surface area contributed by atoms with Crippen LogP contribution in [-0.2, 0) is 4.79 Å². The molecule has 1 fully saturated rings. The third-order valence-electron chi connectivity index (χ3n) is 3.01. The minimum Gasteiger partial charge on any atom is -0.338 e. The molecule has 0 N–H and O–H groups in total. The first-order valence-corrected chi connectivity index (χ1v) is 5.75. The molecule has 0 aromatic carbocycles. The van der Waals surface area contributed by atoms with Gasteiger partial charge >= 0.3 is 0 Å². The van der Waals surface area contributed by atoms with Gasteiger partial charge in [0.25, 0.3) is 0 Å². The van der Waals surface area contributed by atoms with Crippen LogP contribution in [0.3, 0.4) is 0 Å². The number of hydrogen-bond acceptors (Lipinski definition) is 1. The van der Waals surface area contributed by atoms with Crippen LogP contribution in [0.5, 0.6) is 0 Å². The highest BCUT2D eigenvalue weighted by molar-refractivity contribution is 5.77. The molecule has 1 unspecified atom stereocenters. The average Bonchev–Trinajstić information content (AvgIpc) is 2.07. The van der Waals surface area contributed by atoms with Crippen LogP contribution in [-0.4, -0.2) is 22.9 Å². The van der Waals surface area contributed by atoms with E-state index >= 15 is 0 Å². The second-order valence-electron chi connectivity index (χ2n) is 5.37. The van der Waals surface area contributed by atoms with Crippen LogP contribution in [0.25, 0.3) is 0 Å². The van der Waals surface area contributed by atoms with Gasteiger partial charge in [0.05, 0.1) is 0 Å². The number of carbonyl (C=O) groups excluding carboxylic acids is 1. The minimum atomic E-state index is 0.00347. The summed E-state index contributed by atoms with van der Waals surface area (Å²) in [6.07, 6.45) is 4.35. The van der Waals surface area contributed by atoms with Gasteiger partial charge < -0.3 is 4.90 Å². The SMILES string of the molecule is CCCC1CCC(=O)N(C(C)(C)C)C1. The Morgan fingerprint density at radius 2 is 2.07 bits per heavy atom. The lowest BCUT2D eigenvalue weighted by molar-refractivity contribution is -0.140. The summed E-state index contributed by atoms with van der Waals surface area (Å²) < 4.78 is 0. The molecule has 0 saturated carbocycles. The van der Waals surface area contributed by atoms with Crippen molar-refractivity contribution in [2.75, 3.05) is 6.54 Å². The third kappa shape index (κ3) is 2.73. The van der Waals surface area contributed by atoms with E-state index in [1.54, 1.807) is 0 Å². The predicted octanol–water partition coefficient (Wildman–Crippen LogP) is 2.82. The molecule has 0 aliphatic carbocycles. The van der Waals surface area contributed by atoms with Crippen molar-refractivity contribution >= 4 is 5.91 Å². The molecular weight excluding hydrogens is 174 g/mol.